The van der Waals surface area contributed by atoms with Gasteiger partial charge in [0.2, 0.25) is 0 Å². The van der Waals surface area contributed by atoms with Crippen molar-refractivity contribution in [1.82, 2.24) is 0 Å². The number of ketones is 1. The Hall–Kier alpha value is -1.48. The van der Waals surface area contributed by atoms with Crippen LogP contribution >= 0.6 is 15.9 Å². The normalized spacial score (nSPS) is 10.4. The lowest BCUT2D eigenvalue weighted by atomic mass is 9.99. The van der Waals surface area contributed by atoms with Crippen LogP contribution in [0.3, 0.4) is 0 Å². The van der Waals surface area contributed by atoms with Gasteiger partial charge in [0.05, 0.1) is 0 Å². The molecular formula is C15H12BrFO. The topological polar surface area (TPSA) is 17.1 Å². The molecule has 0 aromatic heterocycles. The van der Waals surface area contributed by atoms with Crippen molar-refractivity contribution < 1.29 is 9.18 Å². The molecule has 0 amide bonds. The summed E-state index contributed by atoms with van der Waals surface area (Å²) < 4.78 is 13.7. The Labute approximate surface area is 114 Å². The van der Waals surface area contributed by atoms with E-state index in [2.05, 4.69) is 15.9 Å². The van der Waals surface area contributed by atoms with Crippen molar-refractivity contribution >= 4 is 21.7 Å². The number of hydrogen-bond donors (Lipinski definition) is 0. The van der Waals surface area contributed by atoms with Crippen LogP contribution in [0.4, 0.5) is 4.39 Å². The maximum Gasteiger partial charge on any atom is 0.167 e. The first kappa shape index (κ1) is 13.0. The van der Waals surface area contributed by atoms with Crippen LogP contribution in [0.25, 0.3) is 0 Å². The van der Waals surface area contributed by atoms with Gasteiger partial charge in [-0.3, -0.25) is 4.79 Å². The Bertz CT molecular complexity index is 576. The highest BCUT2D eigenvalue weighted by molar-refractivity contribution is 9.10. The summed E-state index contributed by atoms with van der Waals surface area (Å²) in [4.78, 5) is 12.2. The van der Waals surface area contributed by atoms with Gasteiger partial charge in [-0.1, -0.05) is 40.2 Å². The van der Waals surface area contributed by atoms with Crippen molar-refractivity contribution in [2.45, 2.75) is 13.3 Å². The number of carbonyl (C=O) groups excluding carboxylic acids is 1. The largest absolute Gasteiger partial charge is 0.294 e. The van der Waals surface area contributed by atoms with Crippen LogP contribution in [-0.4, -0.2) is 5.78 Å². The van der Waals surface area contributed by atoms with Gasteiger partial charge >= 0.3 is 0 Å². The first-order valence-electron chi connectivity index (χ1n) is 5.60. The number of benzene rings is 2. The van der Waals surface area contributed by atoms with E-state index < -0.39 is 0 Å². The summed E-state index contributed by atoms with van der Waals surface area (Å²) >= 11 is 3.41. The van der Waals surface area contributed by atoms with Crippen LogP contribution in [0.1, 0.15) is 21.5 Å². The first-order chi connectivity index (χ1) is 8.58. The average molecular weight is 307 g/mol. The molecule has 18 heavy (non-hydrogen) atoms. The van der Waals surface area contributed by atoms with Gasteiger partial charge in [0.15, 0.2) is 5.78 Å². The summed E-state index contributed by atoms with van der Waals surface area (Å²) in [6.07, 6.45) is 0.289. The highest BCUT2D eigenvalue weighted by Crippen LogP contribution is 2.21. The molecule has 0 saturated heterocycles. The molecule has 0 fully saturated rings. The summed E-state index contributed by atoms with van der Waals surface area (Å²) in [5.41, 5.74) is 2.46. The molecule has 0 bridgehead atoms. The fraction of sp³-hybridized carbons (Fsp3) is 0.133. The van der Waals surface area contributed by atoms with Crippen molar-refractivity contribution in [2.24, 2.45) is 0 Å². The van der Waals surface area contributed by atoms with Crippen LogP contribution in [0.2, 0.25) is 0 Å². The van der Waals surface area contributed by atoms with Crippen LogP contribution in [-0.2, 0) is 6.42 Å². The van der Waals surface area contributed by atoms with Crippen molar-refractivity contribution in [2.75, 3.05) is 0 Å². The maximum absolute atomic E-state index is 12.8. The summed E-state index contributed by atoms with van der Waals surface area (Å²) in [5, 5.41) is 0. The second-order valence-corrected chi connectivity index (χ2v) is 4.99. The molecule has 0 unspecified atom stereocenters. The quantitative estimate of drug-likeness (QED) is 0.772. The zero-order valence-corrected chi connectivity index (χ0v) is 11.5. The molecule has 0 aliphatic carbocycles. The zero-order valence-electron chi connectivity index (χ0n) is 9.91. The zero-order chi connectivity index (χ0) is 13.1. The lowest BCUT2D eigenvalue weighted by molar-refractivity contribution is 0.0992. The molecule has 2 rings (SSSR count). The standard InChI is InChI=1S/C15H12BrFO/c1-10-13(3-2-4-14(10)16)15(18)9-11-5-7-12(17)8-6-11/h2-8H,9H2,1H3. The van der Waals surface area contributed by atoms with Gasteiger partial charge in [-0.25, -0.2) is 4.39 Å². The molecule has 0 N–H and O–H groups in total. The third-order valence-corrected chi connectivity index (χ3v) is 3.71. The lowest BCUT2D eigenvalue weighted by Gasteiger charge is -2.06. The van der Waals surface area contributed by atoms with E-state index in [1.165, 1.54) is 12.1 Å². The number of carbonyl (C=O) groups is 1. The second-order valence-electron chi connectivity index (χ2n) is 4.14. The number of hydrogen-bond acceptors (Lipinski definition) is 1. The van der Waals surface area contributed by atoms with Crippen LogP contribution in [0, 0.1) is 12.7 Å². The van der Waals surface area contributed by atoms with E-state index in [0.717, 1.165) is 15.6 Å². The summed E-state index contributed by atoms with van der Waals surface area (Å²) in [6.45, 7) is 1.90. The number of halogens is 2. The van der Waals surface area contributed by atoms with Gasteiger partial charge in [-0.2, -0.15) is 0 Å². The van der Waals surface area contributed by atoms with E-state index in [1.807, 2.05) is 25.1 Å². The molecule has 2 aromatic carbocycles. The Morgan fingerprint density at radius 3 is 2.50 bits per heavy atom. The van der Waals surface area contributed by atoms with Gasteiger partial charge < -0.3 is 0 Å². The predicted molar refractivity (Wildman–Crippen MR) is 73.3 cm³/mol. The summed E-state index contributed by atoms with van der Waals surface area (Å²) in [6, 6.07) is 11.6. The van der Waals surface area contributed by atoms with Crippen molar-refractivity contribution in [1.29, 1.82) is 0 Å². The fourth-order valence-electron chi connectivity index (χ4n) is 1.79. The van der Waals surface area contributed by atoms with Gasteiger partial charge in [-0.15, -0.1) is 0 Å². The van der Waals surface area contributed by atoms with E-state index in [1.54, 1.807) is 12.1 Å². The van der Waals surface area contributed by atoms with Crippen LogP contribution in [0.5, 0.6) is 0 Å². The molecule has 92 valence electrons. The molecule has 0 aliphatic heterocycles. The molecule has 0 heterocycles. The minimum absolute atomic E-state index is 0.0420. The van der Waals surface area contributed by atoms with Crippen molar-refractivity contribution in [3.05, 3.63) is 69.4 Å². The molecule has 0 aliphatic rings. The molecule has 0 spiro atoms. The third-order valence-electron chi connectivity index (χ3n) is 2.85. The molecular weight excluding hydrogens is 295 g/mol. The number of rotatable bonds is 3. The average Bonchev–Trinajstić information content (AvgIpc) is 2.35. The van der Waals surface area contributed by atoms with E-state index >= 15 is 0 Å². The minimum Gasteiger partial charge on any atom is -0.294 e. The van der Waals surface area contributed by atoms with Gasteiger partial charge in [0.25, 0.3) is 0 Å². The monoisotopic (exact) mass is 306 g/mol. The van der Waals surface area contributed by atoms with E-state index in [4.69, 9.17) is 0 Å². The van der Waals surface area contributed by atoms with E-state index in [9.17, 15) is 9.18 Å². The Morgan fingerprint density at radius 2 is 1.83 bits per heavy atom. The van der Waals surface area contributed by atoms with Gasteiger partial charge in [0.1, 0.15) is 5.82 Å². The molecule has 0 saturated carbocycles. The first-order valence-corrected chi connectivity index (χ1v) is 6.40. The Morgan fingerprint density at radius 1 is 1.17 bits per heavy atom. The Kier molecular flexibility index (Phi) is 3.92. The minimum atomic E-state index is -0.287. The SMILES string of the molecule is Cc1c(Br)cccc1C(=O)Cc1ccc(F)cc1. The van der Waals surface area contributed by atoms with Gasteiger partial charge in [-0.05, 0) is 36.2 Å². The van der Waals surface area contributed by atoms with Gasteiger partial charge in [0, 0.05) is 16.5 Å². The molecule has 3 heteroatoms. The van der Waals surface area contributed by atoms with E-state index in [-0.39, 0.29) is 18.0 Å². The molecule has 2 aromatic rings. The van der Waals surface area contributed by atoms with Crippen LogP contribution < -0.4 is 0 Å². The summed E-state index contributed by atoms with van der Waals surface area (Å²) in [5.74, 6) is -0.245. The third kappa shape index (κ3) is 2.85. The predicted octanol–water partition coefficient (Wildman–Crippen LogP) is 4.32. The van der Waals surface area contributed by atoms with E-state index in [0.29, 0.717) is 5.56 Å². The summed E-state index contributed by atoms with van der Waals surface area (Å²) in [7, 11) is 0. The number of Topliss-reactive ketones (excluding diaryl/α,β-unsaturated/α-hetero) is 1. The fourth-order valence-corrected chi connectivity index (χ4v) is 2.16. The Balaban J connectivity index is 2.22. The molecule has 0 atom stereocenters. The molecule has 1 nitrogen and oxygen atoms in total. The van der Waals surface area contributed by atoms with Crippen LogP contribution in [0.15, 0.2) is 46.9 Å². The second kappa shape index (κ2) is 5.44. The lowest BCUT2D eigenvalue weighted by Crippen LogP contribution is -2.06. The van der Waals surface area contributed by atoms with Crippen molar-refractivity contribution in [3.63, 3.8) is 0 Å². The smallest absolute Gasteiger partial charge is 0.167 e. The maximum atomic E-state index is 12.8. The van der Waals surface area contributed by atoms with Crippen molar-refractivity contribution in [3.8, 4) is 0 Å². The molecule has 0 radical (unpaired) electrons. The highest BCUT2D eigenvalue weighted by Gasteiger charge is 2.11. The highest BCUT2D eigenvalue weighted by atomic mass is 79.9.